The number of rotatable bonds is 5. The highest BCUT2D eigenvalue weighted by atomic mass is 32.2. The number of nitrogens with zero attached hydrogens (tertiary/aromatic N) is 2. The van der Waals surface area contributed by atoms with Gasteiger partial charge in [-0.2, -0.15) is 4.98 Å². The van der Waals surface area contributed by atoms with Gasteiger partial charge >= 0.3 is 0 Å². The normalized spacial score (nSPS) is 12.0. The summed E-state index contributed by atoms with van der Waals surface area (Å²) in [6, 6.07) is 13.7. The van der Waals surface area contributed by atoms with Crippen molar-refractivity contribution in [1.82, 2.24) is 9.97 Å². The van der Waals surface area contributed by atoms with Crippen LogP contribution >= 0.6 is 11.8 Å². The van der Waals surface area contributed by atoms with Crippen LogP contribution in [-0.2, 0) is 6.42 Å². The highest BCUT2D eigenvalue weighted by Crippen LogP contribution is 2.44. The Balaban J connectivity index is 1.80. The number of thioether (sulfide) groups is 1. The second-order valence-electron chi connectivity index (χ2n) is 6.02. The lowest BCUT2D eigenvalue weighted by Gasteiger charge is -2.23. The molecule has 0 amide bonds. The predicted octanol–water partition coefficient (Wildman–Crippen LogP) is 4.97. The minimum absolute atomic E-state index is 0.601. The van der Waals surface area contributed by atoms with E-state index < -0.39 is 0 Å². The largest absolute Gasteiger partial charge is 0.497 e. The van der Waals surface area contributed by atoms with Gasteiger partial charge in [0.25, 0.3) is 0 Å². The van der Waals surface area contributed by atoms with Crippen molar-refractivity contribution >= 4 is 11.8 Å². The van der Waals surface area contributed by atoms with E-state index in [4.69, 9.17) is 24.2 Å². The Morgan fingerprint density at radius 3 is 2.56 bits per heavy atom. The molecular weight excluding hydrogens is 360 g/mol. The summed E-state index contributed by atoms with van der Waals surface area (Å²) < 4.78 is 16.9. The number of para-hydroxylation sites is 1. The average molecular weight is 380 g/mol. The third-order valence-electron chi connectivity index (χ3n) is 4.41. The van der Waals surface area contributed by atoms with Crippen molar-refractivity contribution < 1.29 is 14.2 Å². The lowest BCUT2D eigenvalue weighted by Crippen LogP contribution is -2.10. The van der Waals surface area contributed by atoms with Gasteiger partial charge in [0.1, 0.15) is 10.8 Å². The van der Waals surface area contributed by atoms with Crippen molar-refractivity contribution in [2.24, 2.45) is 0 Å². The predicted molar refractivity (Wildman–Crippen MR) is 106 cm³/mol. The first-order valence-electron chi connectivity index (χ1n) is 8.75. The van der Waals surface area contributed by atoms with Crippen molar-refractivity contribution in [3.8, 4) is 34.5 Å². The molecule has 1 aromatic heterocycles. The minimum Gasteiger partial charge on any atom is -0.497 e. The van der Waals surface area contributed by atoms with Crippen LogP contribution in [0.2, 0.25) is 0 Å². The van der Waals surface area contributed by atoms with Crippen molar-refractivity contribution in [1.29, 1.82) is 0 Å². The van der Waals surface area contributed by atoms with E-state index in [1.807, 2.05) is 36.4 Å². The fourth-order valence-corrected chi connectivity index (χ4v) is 3.83. The molecule has 27 heavy (non-hydrogen) atoms. The van der Waals surface area contributed by atoms with Crippen LogP contribution < -0.4 is 14.2 Å². The highest BCUT2D eigenvalue weighted by molar-refractivity contribution is 7.99. The maximum absolute atomic E-state index is 6.18. The molecule has 3 aromatic rings. The molecule has 5 nitrogen and oxygen atoms in total. The Hall–Kier alpha value is -2.73. The van der Waals surface area contributed by atoms with Crippen molar-refractivity contribution in [3.05, 3.63) is 53.6 Å². The summed E-state index contributed by atoms with van der Waals surface area (Å²) >= 11 is 1.70. The summed E-state index contributed by atoms with van der Waals surface area (Å²) in [6.07, 6.45) is 0.729. The minimum atomic E-state index is 0.601. The van der Waals surface area contributed by atoms with Crippen LogP contribution in [0.25, 0.3) is 11.4 Å². The molecule has 138 valence electrons. The van der Waals surface area contributed by atoms with Gasteiger partial charge in [0.2, 0.25) is 5.88 Å². The molecule has 2 aromatic carbocycles. The van der Waals surface area contributed by atoms with Crippen LogP contribution in [0, 0.1) is 0 Å². The molecule has 0 aliphatic carbocycles. The number of hydrogen-bond acceptors (Lipinski definition) is 6. The van der Waals surface area contributed by atoms with Gasteiger partial charge in [0.15, 0.2) is 17.3 Å². The summed E-state index contributed by atoms with van der Waals surface area (Å²) in [5, 5.41) is 0.960. The molecule has 0 unspecified atom stereocenters. The van der Waals surface area contributed by atoms with E-state index in [9.17, 15) is 0 Å². The second-order valence-corrected chi connectivity index (χ2v) is 7.28. The third-order valence-corrected chi connectivity index (χ3v) is 5.31. The van der Waals surface area contributed by atoms with Gasteiger partial charge < -0.3 is 14.2 Å². The maximum atomic E-state index is 6.18. The number of fused-ring (bicyclic) bond motifs is 2. The van der Waals surface area contributed by atoms with Gasteiger partial charge in [-0.15, -0.1) is 11.8 Å². The summed E-state index contributed by atoms with van der Waals surface area (Å²) in [5.74, 6) is 4.42. The molecule has 2 heterocycles. The lowest BCUT2D eigenvalue weighted by atomic mass is 10.0. The molecule has 6 heteroatoms. The lowest BCUT2D eigenvalue weighted by molar-refractivity contribution is 0.364. The zero-order valence-corrected chi connectivity index (χ0v) is 16.3. The topological polar surface area (TPSA) is 53.5 Å². The summed E-state index contributed by atoms with van der Waals surface area (Å²) in [4.78, 5) is 9.53. The van der Waals surface area contributed by atoms with E-state index in [2.05, 4.69) is 13.0 Å². The van der Waals surface area contributed by atoms with E-state index in [1.165, 1.54) is 0 Å². The highest BCUT2D eigenvalue weighted by Gasteiger charge is 2.26. The van der Waals surface area contributed by atoms with E-state index in [0.717, 1.165) is 45.4 Å². The molecule has 0 saturated heterocycles. The van der Waals surface area contributed by atoms with E-state index in [-0.39, 0.29) is 0 Å². The Morgan fingerprint density at radius 2 is 1.85 bits per heavy atom. The fraction of sp³-hybridized carbons (Fsp3) is 0.238. The molecule has 0 saturated carbocycles. The van der Waals surface area contributed by atoms with Gasteiger partial charge in [0.05, 0.1) is 19.8 Å². The van der Waals surface area contributed by atoms with Crippen LogP contribution in [0.4, 0.5) is 0 Å². The molecule has 0 fully saturated rings. The van der Waals surface area contributed by atoms with Crippen LogP contribution in [0.5, 0.6) is 23.1 Å². The fourth-order valence-electron chi connectivity index (χ4n) is 3.07. The first-order valence-corrected chi connectivity index (χ1v) is 9.74. The summed E-state index contributed by atoms with van der Waals surface area (Å²) in [6.45, 7) is 2.12. The van der Waals surface area contributed by atoms with Gasteiger partial charge in [-0.05, 0) is 36.1 Å². The van der Waals surface area contributed by atoms with Crippen molar-refractivity contribution in [3.63, 3.8) is 0 Å². The van der Waals surface area contributed by atoms with Crippen molar-refractivity contribution in [2.45, 2.75) is 18.4 Å². The number of hydrogen-bond donors (Lipinski definition) is 0. The zero-order chi connectivity index (χ0) is 18.8. The molecule has 1 aliphatic rings. The average Bonchev–Trinajstić information content (AvgIpc) is 2.72. The van der Waals surface area contributed by atoms with E-state index in [1.54, 1.807) is 26.0 Å². The van der Waals surface area contributed by atoms with Crippen LogP contribution in [-0.4, -0.2) is 29.9 Å². The third kappa shape index (κ3) is 3.32. The Bertz CT molecular complexity index is 974. The SMILES string of the molecule is CCSc1nc(-c2ccc(OC)cc2)nc2c1Cc1cccc(OC)c1O2. The van der Waals surface area contributed by atoms with Gasteiger partial charge in [0, 0.05) is 17.5 Å². The number of ether oxygens (including phenoxy) is 3. The Morgan fingerprint density at radius 1 is 1.04 bits per heavy atom. The monoisotopic (exact) mass is 380 g/mol. The Labute approximate surface area is 162 Å². The van der Waals surface area contributed by atoms with E-state index in [0.29, 0.717) is 17.5 Å². The summed E-state index contributed by atoms with van der Waals surface area (Å²) in [5.41, 5.74) is 3.03. The maximum Gasteiger partial charge on any atom is 0.227 e. The smallest absolute Gasteiger partial charge is 0.227 e. The summed E-state index contributed by atoms with van der Waals surface area (Å²) in [7, 11) is 3.30. The van der Waals surface area contributed by atoms with Crippen LogP contribution in [0.3, 0.4) is 0 Å². The first-order chi connectivity index (χ1) is 13.2. The first kappa shape index (κ1) is 17.7. The van der Waals surface area contributed by atoms with Gasteiger partial charge in [-0.25, -0.2) is 4.98 Å². The number of benzene rings is 2. The van der Waals surface area contributed by atoms with Crippen LogP contribution in [0.15, 0.2) is 47.5 Å². The van der Waals surface area contributed by atoms with E-state index >= 15 is 0 Å². The zero-order valence-electron chi connectivity index (χ0n) is 15.5. The van der Waals surface area contributed by atoms with Crippen molar-refractivity contribution in [2.75, 3.05) is 20.0 Å². The molecule has 1 aliphatic heterocycles. The van der Waals surface area contributed by atoms with Gasteiger partial charge in [-0.1, -0.05) is 19.1 Å². The number of methoxy groups -OCH3 is 2. The molecule has 0 bridgehead atoms. The molecular formula is C21H20N2O3S. The number of aromatic nitrogens is 2. The molecule has 0 radical (unpaired) electrons. The molecule has 0 atom stereocenters. The molecule has 0 N–H and O–H groups in total. The molecule has 0 spiro atoms. The molecule has 4 rings (SSSR count). The standard InChI is InChI=1S/C21H20N2O3S/c1-4-27-21-16-12-14-6-5-7-17(25-3)18(14)26-20(16)22-19(23-21)13-8-10-15(24-2)11-9-13/h5-11H,4,12H2,1-3H3. The quantitative estimate of drug-likeness (QED) is 0.360. The van der Waals surface area contributed by atoms with Gasteiger partial charge in [-0.3, -0.25) is 0 Å². The van der Waals surface area contributed by atoms with Crippen LogP contribution in [0.1, 0.15) is 18.1 Å². The second kappa shape index (κ2) is 7.48. The Kier molecular flexibility index (Phi) is 4.90.